The van der Waals surface area contributed by atoms with E-state index >= 15 is 0 Å². The fourth-order valence-corrected chi connectivity index (χ4v) is 2.84. The van der Waals surface area contributed by atoms with Crippen molar-refractivity contribution >= 4 is 44.8 Å². The molecule has 0 fully saturated rings. The van der Waals surface area contributed by atoms with E-state index < -0.39 is 15.9 Å². The number of rotatable bonds is 4. The number of benzene rings is 1. The smallest absolute Gasteiger partial charge is 0.257 e. The Balaban J connectivity index is 2.18. The van der Waals surface area contributed by atoms with E-state index in [9.17, 15) is 13.2 Å². The third kappa shape index (κ3) is 4.00. The van der Waals surface area contributed by atoms with Crippen LogP contribution in [-0.2, 0) is 10.0 Å². The van der Waals surface area contributed by atoms with Crippen molar-refractivity contribution in [3.8, 4) is 0 Å². The molecule has 0 aliphatic carbocycles. The van der Waals surface area contributed by atoms with Crippen molar-refractivity contribution in [1.29, 1.82) is 0 Å². The molecule has 122 valence electrons. The Morgan fingerprint density at radius 2 is 1.78 bits per heavy atom. The number of hydrogen-bond acceptors (Lipinski definition) is 4. The van der Waals surface area contributed by atoms with Crippen molar-refractivity contribution in [1.82, 2.24) is 9.29 Å². The summed E-state index contributed by atoms with van der Waals surface area (Å²) in [4.78, 5) is 16.0. The number of sulfonamides is 1. The number of nitrogens with zero attached hydrogens (tertiary/aromatic N) is 2. The van der Waals surface area contributed by atoms with Crippen LogP contribution < -0.4 is 5.32 Å². The van der Waals surface area contributed by atoms with Gasteiger partial charge in [-0.2, -0.15) is 0 Å². The first kappa shape index (κ1) is 17.7. The molecule has 2 rings (SSSR count). The minimum atomic E-state index is -3.51. The number of carbonyl (C=O) groups excluding carboxylic acids is 1. The molecule has 1 heterocycles. The molecular formula is C14H13Cl2N3O3S. The lowest BCUT2D eigenvalue weighted by Crippen LogP contribution is -2.22. The van der Waals surface area contributed by atoms with E-state index in [0.717, 1.165) is 4.31 Å². The molecule has 0 saturated carbocycles. The average molecular weight is 374 g/mol. The van der Waals surface area contributed by atoms with Crippen LogP contribution in [0.15, 0.2) is 41.4 Å². The molecule has 1 aromatic carbocycles. The molecule has 23 heavy (non-hydrogen) atoms. The second-order valence-corrected chi connectivity index (χ2v) is 7.68. The summed E-state index contributed by atoms with van der Waals surface area (Å²) in [6.45, 7) is 0. The summed E-state index contributed by atoms with van der Waals surface area (Å²) in [5.41, 5.74) is 0.683. The van der Waals surface area contributed by atoms with E-state index in [1.165, 1.54) is 50.6 Å². The number of pyridine rings is 1. The van der Waals surface area contributed by atoms with E-state index in [0.29, 0.717) is 5.69 Å². The Bertz CT molecular complexity index is 837. The van der Waals surface area contributed by atoms with Gasteiger partial charge < -0.3 is 5.32 Å². The van der Waals surface area contributed by atoms with E-state index in [-0.39, 0.29) is 20.6 Å². The number of amides is 1. The lowest BCUT2D eigenvalue weighted by atomic mass is 10.2. The van der Waals surface area contributed by atoms with E-state index in [4.69, 9.17) is 23.2 Å². The summed E-state index contributed by atoms with van der Waals surface area (Å²) in [5.74, 6) is -0.431. The van der Waals surface area contributed by atoms with Crippen LogP contribution in [0.25, 0.3) is 0 Å². The molecule has 0 atom stereocenters. The zero-order chi connectivity index (χ0) is 17.2. The lowest BCUT2D eigenvalue weighted by molar-refractivity contribution is 0.102. The Morgan fingerprint density at radius 3 is 2.30 bits per heavy atom. The minimum Gasteiger partial charge on any atom is -0.322 e. The third-order valence-corrected chi connectivity index (χ3v) is 5.46. The maximum atomic E-state index is 12.1. The van der Waals surface area contributed by atoms with Gasteiger partial charge in [0.2, 0.25) is 10.0 Å². The summed E-state index contributed by atoms with van der Waals surface area (Å²) in [6.07, 6.45) is 1.30. The van der Waals surface area contributed by atoms with Crippen LogP contribution in [0, 0.1) is 0 Å². The molecule has 0 bridgehead atoms. The maximum absolute atomic E-state index is 12.1. The molecular weight excluding hydrogens is 361 g/mol. The van der Waals surface area contributed by atoms with Gasteiger partial charge in [-0.05, 0) is 30.3 Å². The molecule has 2 aromatic rings. The van der Waals surface area contributed by atoms with Gasteiger partial charge in [0.25, 0.3) is 5.91 Å². The fourth-order valence-electron chi connectivity index (χ4n) is 1.67. The van der Waals surface area contributed by atoms with Crippen LogP contribution in [0.2, 0.25) is 10.2 Å². The van der Waals surface area contributed by atoms with Crippen molar-refractivity contribution in [2.24, 2.45) is 0 Å². The number of nitrogens with one attached hydrogen (secondary N) is 1. The Hall–Kier alpha value is -1.67. The highest BCUT2D eigenvalue weighted by molar-refractivity contribution is 7.89. The van der Waals surface area contributed by atoms with Crippen LogP contribution in [-0.4, -0.2) is 37.7 Å². The highest BCUT2D eigenvalue weighted by Gasteiger charge is 2.17. The minimum absolute atomic E-state index is 0.112. The van der Waals surface area contributed by atoms with Gasteiger partial charge in [0.15, 0.2) is 0 Å². The molecule has 1 N–H and O–H groups in total. The second kappa shape index (κ2) is 6.84. The summed E-state index contributed by atoms with van der Waals surface area (Å²) in [5, 5.41) is 2.91. The SMILES string of the molecule is CN(C)S(=O)(=O)c1ccc(NC(=O)c2cnc(Cl)c(Cl)c2)cc1. The summed E-state index contributed by atoms with van der Waals surface area (Å²) in [6, 6.07) is 7.23. The van der Waals surface area contributed by atoms with E-state index in [2.05, 4.69) is 10.3 Å². The van der Waals surface area contributed by atoms with Crippen molar-refractivity contribution in [3.63, 3.8) is 0 Å². The van der Waals surface area contributed by atoms with Crippen LogP contribution >= 0.6 is 23.2 Å². The molecule has 1 aromatic heterocycles. The predicted octanol–water partition coefficient (Wildman–Crippen LogP) is 2.89. The molecule has 0 spiro atoms. The maximum Gasteiger partial charge on any atom is 0.257 e. The van der Waals surface area contributed by atoms with Crippen molar-refractivity contribution < 1.29 is 13.2 Å². The van der Waals surface area contributed by atoms with E-state index in [1.54, 1.807) is 0 Å². The number of carbonyl (C=O) groups is 1. The van der Waals surface area contributed by atoms with Crippen LogP contribution in [0.1, 0.15) is 10.4 Å². The molecule has 0 aliphatic rings. The van der Waals surface area contributed by atoms with Crippen molar-refractivity contribution in [3.05, 3.63) is 52.3 Å². The largest absolute Gasteiger partial charge is 0.322 e. The molecule has 1 amide bonds. The topological polar surface area (TPSA) is 79.4 Å². The predicted molar refractivity (Wildman–Crippen MR) is 89.5 cm³/mol. The number of anilines is 1. The van der Waals surface area contributed by atoms with Gasteiger partial charge in [0.1, 0.15) is 5.15 Å². The summed E-state index contributed by atoms with van der Waals surface area (Å²) in [7, 11) is -0.613. The van der Waals surface area contributed by atoms with Gasteiger partial charge in [-0.15, -0.1) is 0 Å². The van der Waals surface area contributed by atoms with Gasteiger partial charge >= 0.3 is 0 Å². The molecule has 6 nitrogen and oxygen atoms in total. The number of aromatic nitrogens is 1. The van der Waals surface area contributed by atoms with Crippen molar-refractivity contribution in [2.75, 3.05) is 19.4 Å². The van der Waals surface area contributed by atoms with E-state index in [1.807, 2.05) is 0 Å². The van der Waals surface area contributed by atoms with Crippen LogP contribution in [0.3, 0.4) is 0 Å². The molecule has 0 saturated heterocycles. The number of halogens is 2. The van der Waals surface area contributed by atoms with Gasteiger partial charge in [0.05, 0.1) is 15.5 Å². The highest BCUT2D eigenvalue weighted by Crippen LogP contribution is 2.21. The Kier molecular flexibility index (Phi) is 5.26. The Labute approximate surface area is 144 Å². The molecule has 0 unspecified atom stereocenters. The second-order valence-electron chi connectivity index (χ2n) is 4.76. The zero-order valence-corrected chi connectivity index (χ0v) is 14.6. The van der Waals surface area contributed by atoms with Crippen LogP contribution in [0.4, 0.5) is 5.69 Å². The molecule has 9 heteroatoms. The normalized spacial score (nSPS) is 11.5. The summed E-state index contributed by atoms with van der Waals surface area (Å²) >= 11 is 11.5. The fraction of sp³-hybridized carbons (Fsp3) is 0.143. The zero-order valence-electron chi connectivity index (χ0n) is 12.2. The van der Waals surface area contributed by atoms with Crippen LogP contribution in [0.5, 0.6) is 0 Å². The highest BCUT2D eigenvalue weighted by atomic mass is 35.5. The quantitative estimate of drug-likeness (QED) is 0.835. The monoisotopic (exact) mass is 373 g/mol. The van der Waals surface area contributed by atoms with Gasteiger partial charge in [-0.1, -0.05) is 23.2 Å². The number of hydrogen-bond donors (Lipinski definition) is 1. The first-order valence-electron chi connectivity index (χ1n) is 6.37. The first-order chi connectivity index (χ1) is 10.7. The Morgan fingerprint density at radius 1 is 1.17 bits per heavy atom. The third-order valence-electron chi connectivity index (χ3n) is 2.95. The average Bonchev–Trinajstić information content (AvgIpc) is 2.50. The standard InChI is InChI=1S/C14H13Cl2N3O3S/c1-19(2)23(21,22)11-5-3-10(4-6-11)18-14(20)9-7-12(15)13(16)17-8-9/h3-8H,1-2H3,(H,18,20). The van der Waals surface area contributed by atoms with Gasteiger partial charge in [-0.3, -0.25) is 4.79 Å². The summed E-state index contributed by atoms with van der Waals surface area (Å²) < 4.78 is 25.0. The van der Waals surface area contributed by atoms with Gasteiger partial charge in [0, 0.05) is 26.0 Å². The van der Waals surface area contributed by atoms with Gasteiger partial charge in [-0.25, -0.2) is 17.7 Å². The first-order valence-corrected chi connectivity index (χ1v) is 8.56. The lowest BCUT2D eigenvalue weighted by Gasteiger charge is -2.12. The van der Waals surface area contributed by atoms with Crippen molar-refractivity contribution in [2.45, 2.75) is 4.90 Å². The molecule has 0 radical (unpaired) electrons. The molecule has 0 aliphatic heterocycles.